The number of benzene rings is 2. The smallest absolute Gasteiger partial charge is 0.189 e. The number of halogens is 1. The number of carbonyl (C=O) groups excluding carboxylic acids is 1. The SMILES string of the molecule is COc1ccc(/C=C/C(=O)c2ccccc2OC)cc1Cn1nc(C)c(Br)c1C. The Labute approximate surface area is 179 Å². The van der Waals surface area contributed by atoms with Crippen molar-refractivity contribution in [1.29, 1.82) is 0 Å². The minimum Gasteiger partial charge on any atom is -0.496 e. The lowest BCUT2D eigenvalue weighted by Crippen LogP contribution is -2.06. The molecule has 0 aliphatic carbocycles. The van der Waals surface area contributed by atoms with Gasteiger partial charge in [0.05, 0.1) is 42.2 Å². The van der Waals surface area contributed by atoms with Crippen LogP contribution in [-0.4, -0.2) is 29.8 Å². The second-order valence-electron chi connectivity index (χ2n) is 6.61. The lowest BCUT2D eigenvalue weighted by atomic mass is 10.1. The van der Waals surface area contributed by atoms with Gasteiger partial charge in [-0.25, -0.2) is 0 Å². The average molecular weight is 455 g/mol. The van der Waals surface area contributed by atoms with Gasteiger partial charge in [-0.05, 0) is 65.7 Å². The van der Waals surface area contributed by atoms with E-state index in [4.69, 9.17) is 9.47 Å². The van der Waals surface area contributed by atoms with Crippen molar-refractivity contribution in [2.45, 2.75) is 20.4 Å². The summed E-state index contributed by atoms with van der Waals surface area (Å²) >= 11 is 3.56. The van der Waals surface area contributed by atoms with Crippen LogP contribution in [0.5, 0.6) is 11.5 Å². The number of rotatable bonds is 7. The molecule has 0 atom stereocenters. The first-order valence-electron chi connectivity index (χ1n) is 9.16. The van der Waals surface area contributed by atoms with Crippen LogP contribution in [0.3, 0.4) is 0 Å². The Balaban J connectivity index is 1.87. The number of allylic oxidation sites excluding steroid dienone is 1. The molecule has 0 saturated heterocycles. The molecule has 0 radical (unpaired) electrons. The summed E-state index contributed by atoms with van der Waals surface area (Å²) in [6, 6.07) is 13.0. The molecular weight excluding hydrogens is 432 g/mol. The predicted octanol–water partition coefficient (Wildman–Crippen LogP) is 5.22. The number of aryl methyl sites for hydroxylation is 1. The minimum absolute atomic E-state index is 0.109. The number of nitrogens with zero attached hydrogens (tertiary/aromatic N) is 2. The zero-order chi connectivity index (χ0) is 21.0. The Hall–Kier alpha value is -2.86. The Kier molecular flexibility index (Phi) is 6.54. The number of ketones is 1. The van der Waals surface area contributed by atoms with Gasteiger partial charge < -0.3 is 9.47 Å². The normalized spacial score (nSPS) is 11.1. The van der Waals surface area contributed by atoms with Crippen molar-refractivity contribution >= 4 is 27.8 Å². The second kappa shape index (κ2) is 9.09. The van der Waals surface area contributed by atoms with Crippen LogP contribution >= 0.6 is 15.9 Å². The minimum atomic E-state index is -0.109. The molecule has 3 aromatic rings. The van der Waals surface area contributed by atoms with E-state index >= 15 is 0 Å². The molecule has 1 aromatic heterocycles. The molecule has 0 fully saturated rings. The second-order valence-corrected chi connectivity index (χ2v) is 7.40. The molecule has 0 amide bonds. The Morgan fingerprint density at radius 2 is 1.83 bits per heavy atom. The maximum atomic E-state index is 12.6. The van der Waals surface area contributed by atoms with Crippen LogP contribution in [0.1, 0.15) is 32.9 Å². The molecule has 0 aliphatic rings. The molecule has 3 rings (SSSR count). The van der Waals surface area contributed by atoms with Gasteiger partial charge in [0.25, 0.3) is 0 Å². The largest absolute Gasteiger partial charge is 0.496 e. The van der Waals surface area contributed by atoms with Crippen LogP contribution in [0.4, 0.5) is 0 Å². The van der Waals surface area contributed by atoms with Crippen LogP contribution in [0, 0.1) is 13.8 Å². The van der Waals surface area contributed by atoms with Gasteiger partial charge in [-0.15, -0.1) is 0 Å². The number of methoxy groups -OCH3 is 2. The molecule has 29 heavy (non-hydrogen) atoms. The predicted molar refractivity (Wildman–Crippen MR) is 118 cm³/mol. The Bertz CT molecular complexity index is 1070. The van der Waals surface area contributed by atoms with Gasteiger partial charge in [0, 0.05) is 5.56 Å². The standard InChI is InChI=1S/C23H23BrN2O3/c1-15-23(24)16(2)26(25-15)14-18-13-17(10-12-21(18)28-3)9-11-20(27)19-7-5-6-8-22(19)29-4/h5-13H,14H2,1-4H3/b11-9+. The number of carbonyl (C=O) groups is 1. The zero-order valence-corrected chi connectivity index (χ0v) is 18.5. The van der Waals surface area contributed by atoms with Gasteiger partial charge in [-0.2, -0.15) is 5.10 Å². The van der Waals surface area contributed by atoms with Crippen LogP contribution in [0.25, 0.3) is 6.08 Å². The third-order valence-corrected chi connectivity index (χ3v) is 5.86. The van der Waals surface area contributed by atoms with Crippen molar-refractivity contribution in [3.63, 3.8) is 0 Å². The van der Waals surface area contributed by atoms with Crippen LogP contribution in [0.2, 0.25) is 0 Å². The highest BCUT2D eigenvalue weighted by molar-refractivity contribution is 9.10. The molecule has 0 spiro atoms. The van der Waals surface area contributed by atoms with E-state index in [9.17, 15) is 4.79 Å². The van der Waals surface area contributed by atoms with Gasteiger partial charge >= 0.3 is 0 Å². The Morgan fingerprint density at radius 1 is 1.10 bits per heavy atom. The monoisotopic (exact) mass is 454 g/mol. The van der Waals surface area contributed by atoms with Crippen molar-refractivity contribution in [1.82, 2.24) is 9.78 Å². The van der Waals surface area contributed by atoms with Crippen LogP contribution in [-0.2, 0) is 6.54 Å². The van der Waals surface area contributed by atoms with E-state index in [-0.39, 0.29) is 5.78 Å². The molecule has 0 unspecified atom stereocenters. The first-order valence-corrected chi connectivity index (χ1v) is 9.95. The zero-order valence-electron chi connectivity index (χ0n) is 16.9. The van der Waals surface area contributed by atoms with Crippen LogP contribution in [0.15, 0.2) is 53.0 Å². The average Bonchev–Trinajstić information content (AvgIpc) is 2.98. The molecule has 6 heteroatoms. The summed E-state index contributed by atoms with van der Waals surface area (Å²) in [7, 11) is 3.21. The molecule has 0 aliphatic heterocycles. The lowest BCUT2D eigenvalue weighted by Gasteiger charge is -2.11. The highest BCUT2D eigenvalue weighted by Crippen LogP contribution is 2.25. The highest BCUT2D eigenvalue weighted by atomic mass is 79.9. The quantitative estimate of drug-likeness (QED) is 0.362. The van der Waals surface area contributed by atoms with Crippen molar-refractivity contribution in [3.8, 4) is 11.5 Å². The van der Waals surface area contributed by atoms with Gasteiger partial charge in [0.1, 0.15) is 11.5 Å². The van der Waals surface area contributed by atoms with E-state index in [0.717, 1.165) is 32.7 Å². The van der Waals surface area contributed by atoms with E-state index in [1.54, 1.807) is 38.5 Å². The fourth-order valence-corrected chi connectivity index (χ4v) is 3.41. The third kappa shape index (κ3) is 4.59. The summed E-state index contributed by atoms with van der Waals surface area (Å²) in [6.45, 7) is 4.56. The highest BCUT2D eigenvalue weighted by Gasteiger charge is 2.12. The molecule has 150 valence electrons. The van der Waals surface area contributed by atoms with Crippen molar-refractivity contribution in [2.75, 3.05) is 14.2 Å². The van der Waals surface area contributed by atoms with E-state index in [1.807, 2.05) is 48.9 Å². The van der Waals surface area contributed by atoms with Gasteiger partial charge in [0.2, 0.25) is 0 Å². The maximum absolute atomic E-state index is 12.6. The van der Waals surface area contributed by atoms with Crippen molar-refractivity contribution in [2.24, 2.45) is 0 Å². The summed E-state index contributed by atoms with van der Waals surface area (Å²) in [5.41, 5.74) is 4.42. The van der Waals surface area contributed by atoms with Gasteiger partial charge in [-0.1, -0.05) is 24.3 Å². The van der Waals surface area contributed by atoms with Gasteiger partial charge in [-0.3, -0.25) is 9.48 Å². The maximum Gasteiger partial charge on any atom is 0.189 e. The summed E-state index contributed by atoms with van der Waals surface area (Å²) in [5, 5.41) is 4.57. The number of hydrogen-bond acceptors (Lipinski definition) is 4. The van der Waals surface area contributed by atoms with Crippen molar-refractivity contribution < 1.29 is 14.3 Å². The van der Waals surface area contributed by atoms with E-state index < -0.39 is 0 Å². The molecule has 0 saturated carbocycles. The molecule has 0 bridgehead atoms. The first-order chi connectivity index (χ1) is 13.9. The summed E-state index contributed by atoms with van der Waals surface area (Å²) < 4.78 is 13.7. The number of para-hydroxylation sites is 1. The van der Waals surface area contributed by atoms with Gasteiger partial charge in [0.15, 0.2) is 5.78 Å². The van der Waals surface area contributed by atoms with Crippen LogP contribution < -0.4 is 9.47 Å². The molecule has 1 heterocycles. The van der Waals surface area contributed by atoms with Crippen molar-refractivity contribution in [3.05, 3.63) is 81.1 Å². The van der Waals surface area contributed by atoms with E-state index in [1.165, 1.54) is 0 Å². The summed E-state index contributed by atoms with van der Waals surface area (Å²) in [4.78, 5) is 12.6. The third-order valence-electron chi connectivity index (χ3n) is 4.72. The number of hydrogen-bond donors (Lipinski definition) is 0. The number of aromatic nitrogens is 2. The first kappa shape index (κ1) is 20.9. The van der Waals surface area contributed by atoms with E-state index in [2.05, 4.69) is 21.0 Å². The molecule has 5 nitrogen and oxygen atoms in total. The summed E-state index contributed by atoms with van der Waals surface area (Å²) in [6.07, 6.45) is 3.36. The Morgan fingerprint density at radius 3 is 2.48 bits per heavy atom. The summed E-state index contributed by atoms with van der Waals surface area (Å²) in [5.74, 6) is 1.23. The number of ether oxygens (including phenoxy) is 2. The topological polar surface area (TPSA) is 53.4 Å². The fraction of sp³-hybridized carbons (Fsp3) is 0.217. The molecular formula is C23H23BrN2O3. The lowest BCUT2D eigenvalue weighted by molar-refractivity contribution is 0.104. The fourth-order valence-electron chi connectivity index (χ4n) is 3.13. The molecule has 2 aromatic carbocycles. The molecule has 0 N–H and O–H groups in total. The van der Waals surface area contributed by atoms with E-state index in [0.29, 0.717) is 17.9 Å².